The third-order valence-corrected chi connectivity index (χ3v) is 2.52. The van der Waals surface area contributed by atoms with E-state index in [0.717, 1.165) is 4.47 Å². The number of benzene rings is 1. The Bertz CT molecular complexity index is 431. The molecular formula is C11H12BrNO3. The molecule has 0 saturated carbocycles. The van der Waals surface area contributed by atoms with Crippen molar-refractivity contribution in [3.63, 3.8) is 0 Å². The summed E-state index contributed by atoms with van der Waals surface area (Å²) >= 11 is 3.26. The smallest absolute Gasteiger partial charge is 0.258 e. The summed E-state index contributed by atoms with van der Waals surface area (Å²) in [7, 11) is 0. The zero-order valence-corrected chi connectivity index (χ0v) is 10.6. The fourth-order valence-electron chi connectivity index (χ4n) is 1.13. The average Bonchev–Trinajstić information content (AvgIpc) is 2.20. The van der Waals surface area contributed by atoms with Crippen molar-refractivity contribution < 1.29 is 14.3 Å². The SMILES string of the molecule is CC(=O)c1cc(Br)ccc1OC(C)C(N)=O. The molecule has 0 spiro atoms. The Morgan fingerprint density at radius 1 is 1.44 bits per heavy atom. The molecule has 16 heavy (non-hydrogen) atoms. The monoisotopic (exact) mass is 285 g/mol. The second kappa shape index (κ2) is 5.12. The van der Waals surface area contributed by atoms with E-state index in [1.807, 2.05) is 0 Å². The van der Waals surface area contributed by atoms with Crippen molar-refractivity contribution in [3.8, 4) is 5.75 Å². The number of amides is 1. The van der Waals surface area contributed by atoms with E-state index in [4.69, 9.17) is 10.5 Å². The molecule has 1 aromatic rings. The quantitative estimate of drug-likeness (QED) is 0.859. The number of hydrogen-bond acceptors (Lipinski definition) is 3. The molecule has 0 aliphatic heterocycles. The highest BCUT2D eigenvalue weighted by molar-refractivity contribution is 9.10. The van der Waals surface area contributed by atoms with Gasteiger partial charge in [0.2, 0.25) is 0 Å². The Kier molecular flexibility index (Phi) is 4.06. The van der Waals surface area contributed by atoms with Crippen LogP contribution in [0, 0.1) is 0 Å². The molecule has 0 aliphatic rings. The zero-order valence-electron chi connectivity index (χ0n) is 8.99. The van der Waals surface area contributed by atoms with E-state index in [2.05, 4.69) is 15.9 Å². The number of halogens is 1. The van der Waals surface area contributed by atoms with Crippen LogP contribution in [0.5, 0.6) is 5.75 Å². The minimum atomic E-state index is -0.765. The standard InChI is InChI=1S/C11H12BrNO3/c1-6(14)9-5-8(12)3-4-10(9)16-7(2)11(13)15/h3-5,7H,1-2H3,(H2,13,15). The van der Waals surface area contributed by atoms with E-state index < -0.39 is 12.0 Å². The number of primary amides is 1. The van der Waals surface area contributed by atoms with Gasteiger partial charge in [0.25, 0.3) is 5.91 Å². The average molecular weight is 286 g/mol. The largest absolute Gasteiger partial charge is 0.480 e. The summed E-state index contributed by atoms with van der Waals surface area (Å²) in [4.78, 5) is 22.2. The van der Waals surface area contributed by atoms with Gasteiger partial charge in [0, 0.05) is 4.47 Å². The number of carbonyl (C=O) groups excluding carboxylic acids is 2. The van der Waals surface area contributed by atoms with Gasteiger partial charge in [-0.1, -0.05) is 15.9 Å². The Hall–Kier alpha value is -1.36. The molecule has 2 N–H and O–H groups in total. The first-order chi connectivity index (χ1) is 7.41. The minimum absolute atomic E-state index is 0.132. The number of nitrogens with two attached hydrogens (primary N) is 1. The van der Waals surface area contributed by atoms with E-state index in [9.17, 15) is 9.59 Å². The molecule has 4 nitrogen and oxygen atoms in total. The molecule has 0 fully saturated rings. The number of carbonyl (C=O) groups is 2. The summed E-state index contributed by atoms with van der Waals surface area (Å²) in [5, 5.41) is 0. The summed E-state index contributed by atoms with van der Waals surface area (Å²) in [6.45, 7) is 2.97. The topological polar surface area (TPSA) is 69.4 Å². The summed E-state index contributed by atoms with van der Waals surface area (Å²) < 4.78 is 6.08. The van der Waals surface area contributed by atoms with Gasteiger partial charge in [0.15, 0.2) is 11.9 Å². The van der Waals surface area contributed by atoms with Gasteiger partial charge in [-0.25, -0.2) is 0 Å². The molecule has 86 valence electrons. The van der Waals surface area contributed by atoms with Crippen LogP contribution in [0.25, 0.3) is 0 Å². The lowest BCUT2D eigenvalue weighted by molar-refractivity contribution is -0.124. The van der Waals surface area contributed by atoms with Gasteiger partial charge >= 0.3 is 0 Å². The number of rotatable bonds is 4. The van der Waals surface area contributed by atoms with Crippen molar-refractivity contribution in [3.05, 3.63) is 28.2 Å². The Morgan fingerprint density at radius 3 is 2.56 bits per heavy atom. The van der Waals surface area contributed by atoms with Crippen LogP contribution in [0.1, 0.15) is 24.2 Å². The molecular weight excluding hydrogens is 274 g/mol. The van der Waals surface area contributed by atoms with Crippen LogP contribution in [0.15, 0.2) is 22.7 Å². The van der Waals surface area contributed by atoms with E-state index in [1.165, 1.54) is 13.8 Å². The molecule has 0 radical (unpaired) electrons. The second-order valence-corrected chi connectivity index (χ2v) is 4.27. The first-order valence-corrected chi connectivity index (χ1v) is 5.47. The van der Waals surface area contributed by atoms with Crippen LogP contribution in [0.2, 0.25) is 0 Å². The third kappa shape index (κ3) is 3.06. The van der Waals surface area contributed by atoms with E-state index in [1.54, 1.807) is 18.2 Å². The molecule has 1 amide bonds. The van der Waals surface area contributed by atoms with Gasteiger partial charge in [-0.3, -0.25) is 9.59 Å². The van der Waals surface area contributed by atoms with E-state index in [-0.39, 0.29) is 5.78 Å². The van der Waals surface area contributed by atoms with Crippen LogP contribution in [-0.2, 0) is 4.79 Å². The normalized spacial score (nSPS) is 11.9. The third-order valence-electron chi connectivity index (χ3n) is 2.03. The Balaban J connectivity index is 3.04. The maximum atomic E-state index is 11.4. The van der Waals surface area contributed by atoms with Gasteiger partial charge in [0.1, 0.15) is 5.75 Å². The van der Waals surface area contributed by atoms with Crippen molar-refractivity contribution >= 4 is 27.6 Å². The van der Waals surface area contributed by atoms with Gasteiger partial charge in [-0.15, -0.1) is 0 Å². The number of hydrogen-bond donors (Lipinski definition) is 1. The lowest BCUT2D eigenvalue weighted by Gasteiger charge is -2.13. The van der Waals surface area contributed by atoms with Gasteiger partial charge in [-0.05, 0) is 32.0 Å². The summed E-state index contributed by atoms with van der Waals surface area (Å²) in [5.74, 6) is -0.340. The van der Waals surface area contributed by atoms with E-state index >= 15 is 0 Å². The van der Waals surface area contributed by atoms with Crippen LogP contribution in [0.3, 0.4) is 0 Å². The first-order valence-electron chi connectivity index (χ1n) is 4.68. The highest BCUT2D eigenvalue weighted by atomic mass is 79.9. The molecule has 1 unspecified atom stereocenters. The number of ketones is 1. The molecule has 0 bridgehead atoms. The molecule has 5 heteroatoms. The molecule has 1 rings (SSSR count). The Morgan fingerprint density at radius 2 is 2.06 bits per heavy atom. The highest BCUT2D eigenvalue weighted by Gasteiger charge is 2.15. The van der Waals surface area contributed by atoms with Gasteiger partial charge in [-0.2, -0.15) is 0 Å². The van der Waals surface area contributed by atoms with Crippen molar-refractivity contribution in [1.82, 2.24) is 0 Å². The lowest BCUT2D eigenvalue weighted by atomic mass is 10.1. The molecule has 0 heterocycles. The minimum Gasteiger partial charge on any atom is -0.480 e. The van der Waals surface area contributed by atoms with E-state index in [0.29, 0.717) is 11.3 Å². The van der Waals surface area contributed by atoms with Crippen LogP contribution < -0.4 is 10.5 Å². The van der Waals surface area contributed by atoms with Crippen LogP contribution in [0.4, 0.5) is 0 Å². The van der Waals surface area contributed by atoms with Crippen molar-refractivity contribution in [1.29, 1.82) is 0 Å². The van der Waals surface area contributed by atoms with Crippen LogP contribution >= 0.6 is 15.9 Å². The maximum Gasteiger partial charge on any atom is 0.258 e. The number of ether oxygens (including phenoxy) is 1. The summed E-state index contributed by atoms with van der Waals surface area (Å²) in [5.41, 5.74) is 5.50. The predicted molar refractivity (Wildman–Crippen MR) is 63.4 cm³/mol. The first kappa shape index (κ1) is 12.7. The lowest BCUT2D eigenvalue weighted by Crippen LogP contribution is -2.31. The highest BCUT2D eigenvalue weighted by Crippen LogP contribution is 2.24. The predicted octanol–water partition coefficient (Wildman–Crippen LogP) is 1.90. The van der Waals surface area contributed by atoms with Crippen molar-refractivity contribution in [2.75, 3.05) is 0 Å². The summed E-state index contributed by atoms with van der Waals surface area (Å²) in [6.07, 6.45) is -0.765. The summed E-state index contributed by atoms with van der Waals surface area (Å²) in [6, 6.07) is 5.00. The Labute approximate surface area is 102 Å². The van der Waals surface area contributed by atoms with Gasteiger partial charge < -0.3 is 10.5 Å². The van der Waals surface area contributed by atoms with Crippen molar-refractivity contribution in [2.24, 2.45) is 5.73 Å². The van der Waals surface area contributed by atoms with Crippen LogP contribution in [-0.4, -0.2) is 17.8 Å². The fraction of sp³-hybridized carbons (Fsp3) is 0.273. The van der Waals surface area contributed by atoms with Crippen molar-refractivity contribution in [2.45, 2.75) is 20.0 Å². The molecule has 0 aromatic heterocycles. The maximum absolute atomic E-state index is 11.4. The second-order valence-electron chi connectivity index (χ2n) is 3.36. The number of Topliss-reactive ketones (excluding diaryl/α,β-unsaturated/α-hetero) is 1. The van der Waals surface area contributed by atoms with Gasteiger partial charge in [0.05, 0.1) is 5.56 Å². The molecule has 1 aromatic carbocycles. The molecule has 1 atom stereocenters. The fourth-order valence-corrected chi connectivity index (χ4v) is 1.49. The molecule has 0 saturated heterocycles. The zero-order chi connectivity index (χ0) is 12.3. The molecule has 0 aliphatic carbocycles.